The van der Waals surface area contributed by atoms with Gasteiger partial charge in [0.05, 0.1) is 18.0 Å². The van der Waals surface area contributed by atoms with E-state index < -0.39 is 0 Å². The van der Waals surface area contributed by atoms with Crippen molar-refractivity contribution in [1.82, 2.24) is 4.90 Å². The molecule has 3 rings (SSSR count). The molecule has 0 radical (unpaired) electrons. The maximum atomic E-state index is 12.7. The van der Waals surface area contributed by atoms with Crippen LogP contribution in [0.4, 0.5) is 0 Å². The highest BCUT2D eigenvalue weighted by Gasteiger charge is 2.40. The van der Waals surface area contributed by atoms with Gasteiger partial charge in [-0.25, -0.2) is 4.99 Å². The summed E-state index contributed by atoms with van der Waals surface area (Å²) in [6, 6.07) is 6.41. The largest absolute Gasteiger partial charge is 0.369 e. The lowest BCUT2D eigenvalue weighted by molar-refractivity contribution is -0.131. The van der Waals surface area contributed by atoms with Gasteiger partial charge in [0.15, 0.2) is 5.96 Å². The average molecular weight is 311 g/mol. The quantitative estimate of drug-likeness (QED) is 0.930. The van der Waals surface area contributed by atoms with Crippen LogP contribution in [0.3, 0.4) is 0 Å². The first-order valence-corrected chi connectivity index (χ1v) is 8.31. The van der Waals surface area contributed by atoms with Gasteiger partial charge in [0.1, 0.15) is 0 Å². The molecule has 1 heterocycles. The maximum absolute atomic E-state index is 12.7. The van der Waals surface area contributed by atoms with Gasteiger partial charge in [-0.3, -0.25) is 9.69 Å². The van der Waals surface area contributed by atoms with Gasteiger partial charge in [0.2, 0.25) is 5.91 Å². The zero-order valence-electron chi connectivity index (χ0n) is 14.2. The van der Waals surface area contributed by atoms with E-state index in [1.807, 2.05) is 20.8 Å². The summed E-state index contributed by atoms with van der Waals surface area (Å²) in [6.45, 7) is 10.1. The molecule has 4 heteroatoms. The lowest BCUT2D eigenvalue weighted by Crippen LogP contribution is -2.51. The number of benzene rings is 1. The van der Waals surface area contributed by atoms with Crippen LogP contribution in [0.1, 0.15) is 62.8 Å². The van der Waals surface area contributed by atoms with E-state index in [1.165, 1.54) is 11.1 Å². The van der Waals surface area contributed by atoms with Crippen molar-refractivity contribution in [2.75, 3.05) is 0 Å². The normalized spacial score (nSPS) is 26.9. The molecular formula is C19H25N3O. The molecule has 122 valence electrons. The fourth-order valence-corrected chi connectivity index (χ4v) is 3.56. The number of aryl methyl sites for hydroxylation is 1. The number of nitrogens with two attached hydrogens (primary N) is 1. The Balaban J connectivity index is 1.99. The minimum absolute atomic E-state index is 0.00181. The minimum atomic E-state index is -0.362. The summed E-state index contributed by atoms with van der Waals surface area (Å²) in [5.41, 5.74) is 10.5. The molecule has 1 aliphatic heterocycles. The van der Waals surface area contributed by atoms with Crippen molar-refractivity contribution in [3.63, 3.8) is 0 Å². The van der Waals surface area contributed by atoms with Crippen molar-refractivity contribution in [2.45, 2.75) is 58.0 Å². The maximum Gasteiger partial charge on any atom is 0.232 e. The number of carbonyl (C=O) groups excluding carboxylic acids is 1. The van der Waals surface area contributed by atoms with Crippen molar-refractivity contribution in [1.29, 1.82) is 0 Å². The van der Waals surface area contributed by atoms with Crippen LogP contribution in [0.15, 0.2) is 29.8 Å². The highest BCUT2D eigenvalue weighted by Crippen LogP contribution is 2.39. The van der Waals surface area contributed by atoms with Crippen molar-refractivity contribution >= 4 is 17.4 Å². The number of nitrogens with zero attached hydrogens (tertiary/aromatic N) is 2. The van der Waals surface area contributed by atoms with E-state index in [2.05, 4.69) is 29.8 Å². The third kappa shape index (κ3) is 2.67. The summed E-state index contributed by atoms with van der Waals surface area (Å²) >= 11 is 0. The highest BCUT2D eigenvalue weighted by molar-refractivity contribution is 5.99. The molecule has 2 unspecified atom stereocenters. The first-order valence-electron chi connectivity index (χ1n) is 8.31. The number of hydrogen-bond donors (Lipinski definition) is 1. The molecule has 0 fully saturated rings. The second-order valence-electron chi connectivity index (χ2n) is 7.01. The fourth-order valence-electron chi connectivity index (χ4n) is 3.56. The van der Waals surface area contributed by atoms with Crippen molar-refractivity contribution in [3.8, 4) is 0 Å². The number of rotatable bonds is 3. The zero-order valence-corrected chi connectivity index (χ0v) is 14.2. The van der Waals surface area contributed by atoms with E-state index >= 15 is 0 Å². The van der Waals surface area contributed by atoms with Crippen LogP contribution in [0.2, 0.25) is 0 Å². The number of amides is 1. The van der Waals surface area contributed by atoms with Crippen molar-refractivity contribution < 1.29 is 4.79 Å². The van der Waals surface area contributed by atoms with Crippen LogP contribution in [0.5, 0.6) is 0 Å². The molecule has 1 aliphatic carbocycles. The van der Waals surface area contributed by atoms with Crippen LogP contribution in [-0.2, 0) is 11.2 Å². The van der Waals surface area contributed by atoms with Gasteiger partial charge in [0.25, 0.3) is 0 Å². The SMILES string of the molecule is C=C(C)c1ccc2c(c1)C(N1C(=O)CC(C)(CC)N=C1N)CC2. The second kappa shape index (κ2) is 5.52. The number of fused-ring (bicyclic) bond motifs is 1. The summed E-state index contributed by atoms with van der Waals surface area (Å²) in [6.07, 6.45) is 3.11. The van der Waals surface area contributed by atoms with Gasteiger partial charge >= 0.3 is 0 Å². The molecule has 1 aromatic rings. The van der Waals surface area contributed by atoms with Crippen molar-refractivity contribution in [3.05, 3.63) is 41.5 Å². The number of guanidine groups is 1. The Morgan fingerprint density at radius 1 is 1.52 bits per heavy atom. The second-order valence-corrected chi connectivity index (χ2v) is 7.01. The van der Waals surface area contributed by atoms with E-state index in [9.17, 15) is 4.79 Å². The molecule has 0 saturated carbocycles. The smallest absolute Gasteiger partial charge is 0.232 e. The Kier molecular flexibility index (Phi) is 3.78. The topological polar surface area (TPSA) is 58.7 Å². The van der Waals surface area contributed by atoms with Crippen LogP contribution < -0.4 is 5.73 Å². The first kappa shape index (κ1) is 15.8. The monoisotopic (exact) mass is 311 g/mol. The molecule has 1 aromatic carbocycles. The van der Waals surface area contributed by atoms with E-state index in [4.69, 9.17) is 5.73 Å². The van der Waals surface area contributed by atoms with Gasteiger partial charge < -0.3 is 5.73 Å². The van der Waals surface area contributed by atoms with Gasteiger partial charge in [-0.1, -0.05) is 31.2 Å². The Morgan fingerprint density at radius 2 is 2.26 bits per heavy atom. The number of carbonyl (C=O) groups is 1. The summed E-state index contributed by atoms with van der Waals surface area (Å²) < 4.78 is 0. The lowest BCUT2D eigenvalue weighted by Gasteiger charge is -2.37. The fraction of sp³-hybridized carbons (Fsp3) is 0.474. The Bertz CT molecular complexity index is 707. The Hall–Kier alpha value is -2.10. The molecule has 0 aromatic heterocycles. The van der Waals surface area contributed by atoms with E-state index in [1.54, 1.807) is 4.90 Å². The van der Waals surface area contributed by atoms with Crippen molar-refractivity contribution in [2.24, 2.45) is 10.7 Å². The van der Waals surface area contributed by atoms with Gasteiger partial charge in [-0.15, -0.1) is 0 Å². The average Bonchev–Trinajstić information content (AvgIpc) is 2.89. The van der Waals surface area contributed by atoms with Crippen LogP contribution in [0.25, 0.3) is 5.57 Å². The molecule has 0 spiro atoms. The predicted octanol–water partition coefficient (Wildman–Crippen LogP) is 3.42. The molecular weight excluding hydrogens is 286 g/mol. The third-order valence-corrected chi connectivity index (χ3v) is 5.19. The lowest BCUT2D eigenvalue weighted by atomic mass is 9.92. The number of hydrogen-bond acceptors (Lipinski definition) is 3. The standard InChI is InChI=1S/C19H25N3O/c1-5-19(4)11-17(23)22(18(20)21-19)16-9-8-13-6-7-14(12(2)3)10-15(13)16/h6-7,10,16H,2,5,8-9,11H2,1,3-4H3,(H2,20,21). The summed E-state index contributed by atoms with van der Waals surface area (Å²) in [7, 11) is 0. The molecule has 0 bridgehead atoms. The third-order valence-electron chi connectivity index (χ3n) is 5.19. The molecule has 2 N–H and O–H groups in total. The van der Waals surface area contributed by atoms with E-state index in [-0.39, 0.29) is 17.5 Å². The van der Waals surface area contributed by atoms with Crippen LogP contribution in [0, 0.1) is 0 Å². The number of aliphatic imine (C=N–C) groups is 1. The van der Waals surface area contributed by atoms with Crippen LogP contribution >= 0.6 is 0 Å². The molecule has 0 saturated heterocycles. The van der Waals surface area contributed by atoms with Gasteiger partial charge in [-0.05, 0) is 55.9 Å². The van der Waals surface area contributed by atoms with Gasteiger partial charge in [0, 0.05) is 0 Å². The molecule has 4 nitrogen and oxygen atoms in total. The summed E-state index contributed by atoms with van der Waals surface area (Å²) in [5.74, 6) is 0.449. The number of allylic oxidation sites excluding steroid dienone is 1. The molecule has 2 atom stereocenters. The zero-order chi connectivity index (χ0) is 16.8. The molecule has 23 heavy (non-hydrogen) atoms. The Morgan fingerprint density at radius 3 is 2.87 bits per heavy atom. The summed E-state index contributed by atoms with van der Waals surface area (Å²) in [4.78, 5) is 19.1. The van der Waals surface area contributed by atoms with Crippen LogP contribution in [-0.4, -0.2) is 22.3 Å². The Labute approximate surface area is 138 Å². The molecule has 1 amide bonds. The minimum Gasteiger partial charge on any atom is -0.369 e. The predicted molar refractivity (Wildman–Crippen MR) is 94.0 cm³/mol. The highest BCUT2D eigenvalue weighted by atomic mass is 16.2. The molecule has 2 aliphatic rings. The summed E-state index contributed by atoms with van der Waals surface area (Å²) in [5, 5.41) is 0. The van der Waals surface area contributed by atoms with Gasteiger partial charge in [-0.2, -0.15) is 0 Å². The first-order chi connectivity index (χ1) is 10.8. The van der Waals surface area contributed by atoms with E-state index in [0.717, 1.165) is 30.4 Å². The van der Waals surface area contributed by atoms with E-state index in [0.29, 0.717) is 12.4 Å².